The molecule has 4 heteroatoms. The van der Waals surface area contributed by atoms with Gasteiger partial charge in [-0.2, -0.15) is 0 Å². The van der Waals surface area contributed by atoms with Crippen molar-refractivity contribution in [1.29, 1.82) is 0 Å². The van der Waals surface area contributed by atoms with Crippen LogP contribution in [0.25, 0.3) is 0 Å². The maximum Gasteiger partial charge on any atom is 0.186 e. The molecular formula is C9H11ClO3. The van der Waals surface area contributed by atoms with Gasteiger partial charge in [-0.1, -0.05) is 17.7 Å². The van der Waals surface area contributed by atoms with Gasteiger partial charge in [-0.15, -0.1) is 0 Å². The van der Waals surface area contributed by atoms with E-state index in [2.05, 4.69) is 0 Å². The molecule has 0 unspecified atom stereocenters. The number of halogens is 1. The van der Waals surface area contributed by atoms with Crippen molar-refractivity contribution in [3.05, 3.63) is 28.8 Å². The van der Waals surface area contributed by atoms with Gasteiger partial charge >= 0.3 is 0 Å². The predicted molar refractivity (Wildman–Crippen MR) is 49.9 cm³/mol. The minimum absolute atomic E-state index is 0.178. The molecule has 0 aliphatic rings. The first-order valence-electron chi connectivity index (χ1n) is 3.84. The van der Waals surface area contributed by atoms with Crippen LogP contribution in [0.5, 0.6) is 5.75 Å². The van der Waals surface area contributed by atoms with Crippen LogP contribution in [0.2, 0.25) is 5.02 Å². The standard InChI is InChI=1S/C9H11ClO3/c1-6-2-3-8(7(10)4-6)13-5-9(11)12/h2-4,9,11-12H,5H2,1H3. The first-order valence-corrected chi connectivity index (χ1v) is 4.22. The zero-order valence-electron chi connectivity index (χ0n) is 7.20. The Morgan fingerprint density at radius 1 is 1.46 bits per heavy atom. The SMILES string of the molecule is Cc1ccc(OCC(O)O)c(Cl)c1. The zero-order valence-corrected chi connectivity index (χ0v) is 7.95. The van der Waals surface area contributed by atoms with E-state index in [-0.39, 0.29) is 6.61 Å². The number of benzene rings is 1. The van der Waals surface area contributed by atoms with E-state index in [0.717, 1.165) is 5.56 Å². The molecule has 1 aromatic rings. The summed E-state index contributed by atoms with van der Waals surface area (Å²) in [6.45, 7) is 1.74. The maximum atomic E-state index is 8.55. The van der Waals surface area contributed by atoms with Crippen molar-refractivity contribution in [3.8, 4) is 5.75 Å². The summed E-state index contributed by atoms with van der Waals surface area (Å²) in [5, 5.41) is 17.6. The van der Waals surface area contributed by atoms with Gasteiger partial charge in [0.25, 0.3) is 0 Å². The lowest BCUT2D eigenvalue weighted by Gasteiger charge is -2.09. The third-order valence-corrected chi connectivity index (χ3v) is 1.77. The number of aryl methyl sites for hydroxylation is 1. The monoisotopic (exact) mass is 202 g/mol. The molecule has 0 aliphatic carbocycles. The van der Waals surface area contributed by atoms with Crippen molar-refractivity contribution in [2.24, 2.45) is 0 Å². The van der Waals surface area contributed by atoms with E-state index in [1.807, 2.05) is 13.0 Å². The summed E-state index contributed by atoms with van der Waals surface area (Å²) in [5.74, 6) is 0.459. The highest BCUT2D eigenvalue weighted by Gasteiger charge is 2.03. The normalized spacial score (nSPS) is 10.5. The van der Waals surface area contributed by atoms with Gasteiger partial charge in [-0.25, -0.2) is 0 Å². The Kier molecular flexibility index (Phi) is 3.54. The molecule has 0 heterocycles. The van der Waals surface area contributed by atoms with Crippen LogP contribution in [-0.2, 0) is 0 Å². The lowest BCUT2D eigenvalue weighted by molar-refractivity contribution is -0.0680. The molecular weight excluding hydrogens is 192 g/mol. The maximum absolute atomic E-state index is 8.55. The molecule has 1 rings (SSSR count). The highest BCUT2D eigenvalue weighted by atomic mass is 35.5. The fraction of sp³-hybridized carbons (Fsp3) is 0.333. The molecule has 0 amide bonds. The first-order chi connectivity index (χ1) is 6.09. The Bertz CT molecular complexity index is 286. The molecule has 13 heavy (non-hydrogen) atoms. The molecule has 0 saturated carbocycles. The van der Waals surface area contributed by atoms with Gasteiger partial charge in [-0.05, 0) is 24.6 Å². The van der Waals surface area contributed by atoms with Crippen molar-refractivity contribution in [3.63, 3.8) is 0 Å². The summed E-state index contributed by atoms with van der Waals surface area (Å²) in [4.78, 5) is 0. The van der Waals surface area contributed by atoms with Gasteiger partial charge < -0.3 is 14.9 Å². The van der Waals surface area contributed by atoms with Crippen molar-refractivity contribution in [2.45, 2.75) is 13.2 Å². The van der Waals surface area contributed by atoms with Crippen LogP contribution in [-0.4, -0.2) is 23.1 Å². The molecule has 3 nitrogen and oxygen atoms in total. The summed E-state index contributed by atoms with van der Waals surface area (Å²) in [5.41, 5.74) is 1.03. The highest BCUT2D eigenvalue weighted by molar-refractivity contribution is 6.32. The lowest BCUT2D eigenvalue weighted by atomic mass is 10.2. The second-order valence-corrected chi connectivity index (χ2v) is 3.13. The van der Waals surface area contributed by atoms with E-state index in [4.69, 9.17) is 26.6 Å². The van der Waals surface area contributed by atoms with Gasteiger partial charge in [0, 0.05) is 0 Å². The number of aliphatic hydroxyl groups excluding tert-OH is 1. The van der Waals surface area contributed by atoms with Gasteiger partial charge in [0.2, 0.25) is 0 Å². The van der Waals surface area contributed by atoms with Crippen LogP contribution >= 0.6 is 11.6 Å². The fourth-order valence-electron chi connectivity index (χ4n) is 0.887. The van der Waals surface area contributed by atoms with Crippen molar-refractivity contribution in [1.82, 2.24) is 0 Å². The van der Waals surface area contributed by atoms with E-state index in [1.54, 1.807) is 12.1 Å². The van der Waals surface area contributed by atoms with Crippen molar-refractivity contribution >= 4 is 11.6 Å². The molecule has 0 bridgehead atoms. The minimum Gasteiger partial charge on any atom is -0.487 e. The zero-order chi connectivity index (χ0) is 9.84. The third-order valence-electron chi connectivity index (χ3n) is 1.48. The van der Waals surface area contributed by atoms with Crippen LogP contribution in [0.4, 0.5) is 0 Å². The number of hydrogen-bond donors (Lipinski definition) is 2. The largest absolute Gasteiger partial charge is 0.487 e. The van der Waals surface area contributed by atoms with Gasteiger partial charge in [0.15, 0.2) is 6.29 Å². The average molecular weight is 203 g/mol. The average Bonchev–Trinajstić information content (AvgIpc) is 2.02. The fourth-order valence-corrected chi connectivity index (χ4v) is 1.18. The first kappa shape index (κ1) is 10.3. The van der Waals surface area contributed by atoms with E-state index in [0.29, 0.717) is 10.8 Å². The summed E-state index contributed by atoms with van der Waals surface area (Å²) in [6, 6.07) is 5.28. The van der Waals surface area contributed by atoms with E-state index in [9.17, 15) is 0 Å². The van der Waals surface area contributed by atoms with E-state index >= 15 is 0 Å². The smallest absolute Gasteiger partial charge is 0.186 e. The Morgan fingerprint density at radius 3 is 2.69 bits per heavy atom. The molecule has 0 atom stereocenters. The van der Waals surface area contributed by atoms with Gasteiger partial charge in [-0.3, -0.25) is 0 Å². The van der Waals surface area contributed by atoms with Crippen LogP contribution in [0.1, 0.15) is 5.56 Å². The molecule has 0 aliphatic heterocycles. The number of hydrogen-bond acceptors (Lipinski definition) is 3. The lowest BCUT2D eigenvalue weighted by Crippen LogP contribution is -2.16. The van der Waals surface area contributed by atoms with Crippen molar-refractivity contribution in [2.75, 3.05) is 6.61 Å². The van der Waals surface area contributed by atoms with Gasteiger partial charge in [0.05, 0.1) is 5.02 Å². The van der Waals surface area contributed by atoms with Gasteiger partial charge in [0.1, 0.15) is 12.4 Å². The summed E-state index contributed by atoms with van der Waals surface area (Å²) >= 11 is 5.82. The van der Waals surface area contributed by atoms with Crippen LogP contribution < -0.4 is 4.74 Å². The summed E-state index contributed by atoms with van der Waals surface area (Å²) in [6.07, 6.45) is -1.47. The molecule has 0 aromatic heterocycles. The quantitative estimate of drug-likeness (QED) is 0.728. The second-order valence-electron chi connectivity index (χ2n) is 2.73. The Morgan fingerprint density at radius 2 is 2.15 bits per heavy atom. The van der Waals surface area contributed by atoms with Crippen molar-refractivity contribution < 1.29 is 14.9 Å². The Labute approximate surface area is 81.5 Å². The third kappa shape index (κ3) is 3.22. The summed E-state index contributed by atoms with van der Waals surface area (Å²) < 4.78 is 5.02. The van der Waals surface area contributed by atoms with Crippen LogP contribution in [0, 0.1) is 6.92 Å². The predicted octanol–water partition coefficient (Wildman–Crippen LogP) is 1.34. The van der Waals surface area contributed by atoms with Crippen LogP contribution in [0.15, 0.2) is 18.2 Å². The molecule has 72 valence electrons. The minimum atomic E-state index is -1.47. The topological polar surface area (TPSA) is 49.7 Å². The molecule has 1 aromatic carbocycles. The number of aliphatic hydroxyl groups is 2. The number of rotatable bonds is 3. The van der Waals surface area contributed by atoms with E-state index in [1.165, 1.54) is 0 Å². The molecule has 0 spiro atoms. The van der Waals surface area contributed by atoms with E-state index < -0.39 is 6.29 Å². The Balaban J connectivity index is 2.67. The second kappa shape index (κ2) is 4.46. The molecule has 0 radical (unpaired) electrons. The Hall–Kier alpha value is -0.770. The number of ether oxygens (including phenoxy) is 1. The molecule has 2 N–H and O–H groups in total. The molecule has 0 saturated heterocycles. The summed E-state index contributed by atoms with van der Waals surface area (Å²) in [7, 11) is 0. The van der Waals surface area contributed by atoms with Crippen LogP contribution in [0.3, 0.4) is 0 Å². The highest BCUT2D eigenvalue weighted by Crippen LogP contribution is 2.24. The molecule has 0 fully saturated rings.